The molecule has 3 heteroatoms. The summed E-state index contributed by atoms with van der Waals surface area (Å²) in [5, 5.41) is 8.93. The summed E-state index contributed by atoms with van der Waals surface area (Å²) in [4.78, 5) is 12.1. The second kappa shape index (κ2) is 10.5. The lowest BCUT2D eigenvalue weighted by molar-refractivity contribution is 0.0979. The summed E-state index contributed by atoms with van der Waals surface area (Å²) >= 11 is 0. The maximum Gasteiger partial charge on any atom is 0.162 e. The first-order chi connectivity index (χ1) is 10.2. The molecule has 0 bridgehead atoms. The molecule has 3 nitrogen and oxygen atoms in total. The molecule has 0 spiro atoms. The Bertz CT molecular complexity index is 400. The summed E-state index contributed by atoms with van der Waals surface area (Å²) in [6.07, 6.45) is 8.49. The Balaban J connectivity index is 2.31. The highest BCUT2D eigenvalue weighted by atomic mass is 16.3. The summed E-state index contributed by atoms with van der Waals surface area (Å²) in [6, 6.07) is 7.39. The van der Waals surface area contributed by atoms with Gasteiger partial charge in [0.2, 0.25) is 0 Å². The Kier molecular flexibility index (Phi) is 8.95. The van der Waals surface area contributed by atoms with Crippen LogP contribution in [0.4, 0.5) is 0 Å². The number of ketones is 1. The summed E-state index contributed by atoms with van der Waals surface area (Å²) in [7, 11) is 0. The number of carbonyl (C=O) groups is 1. The number of hydrogen-bond donors (Lipinski definition) is 2. The largest absolute Gasteiger partial charge is 0.395 e. The zero-order chi connectivity index (χ0) is 15.5. The molecule has 21 heavy (non-hydrogen) atoms. The van der Waals surface area contributed by atoms with Crippen molar-refractivity contribution in [2.75, 3.05) is 6.61 Å². The van der Waals surface area contributed by atoms with Crippen LogP contribution in [0.3, 0.4) is 0 Å². The molecule has 0 amide bonds. The van der Waals surface area contributed by atoms with Gasteiger partial charge in [-0.2, -0.15) is 0 Å². The molecule has 1 aromatic rings. The Morgan fingerprint density at radius 2 is 1.71 bits per heavy atom. The number of hydrogen-bond acceptors (Lipinski definition) is 3. The molecule has 0 aliphatic rings. The van der Waals surface area contributed by atoms with Gasteiger partial charge in [-0.05, 0) is 18.4 Å². The lowest BCUT2D eigenvalue weighted by Crippen LogP contribution is -2.26. The van der Waals surface area contributed by atoms with E-state index < -0.39 is 0 Å². The van der Waals surface area contributed by atoms with Crippen molar-refractivity contribution >= 4 is 5.78 Å². The van der Waals surface area contributed by atoms with Crippen LogP contribution in [0.5, 0.6) is 0 Å². The third-order valence-electron chi connectivity index (χ3n) is 3.77. The average molecular weight is 291 g/mol. The summed E-state index contributed by atoms with van der Waals surface area (Å²) in [6.45, 7) is 2.19. The second-order valence-corrected chi connectivity index (χ2v) is 5.78. The zero-order valence-electron chi connectivity index (χ0n) is 13.2. The third-order valence-corrected chi connectivity index (χ3v) is 3.77. The van der Waals surface area contributed by atoms with Crippen LogP contribution in [-0.2, 0) is 6.42 Å². The lowest BCUT2D eigenvalue weighted by Gasteiger charge is -2.08. The molecule has 1 atom stereocenters. The van der Waals surface area contributed by atoms with E-state index >= 15 is 0 Å². The standard InChI is InChI=1S/C18H29NO2/c1-2-3-4-5-6-7-8-18(21)16-11-9-15(10-12-16)13-17(19)14-20/h9-12,17,20H,2-8,13-14,19H2,1H3. The van der Waals surface area contributed by atoms with Crippen LogP contribution in [0.25, 0.3) is 0 Å². The van der Waals surface area contributed by atoms with Crippen molar-refractivity contribution in [2.45, 2.75) is 64.3 Å². The summed E-state index contributed by atoms with van der Waals surface area (Å²) in [5.41, 5.74) is 7.55. The SMILES string of the molecule is CCCCCCCCC(=O)c1ccc(CC(N)CO)cc1. The molecule has 1 rings (SSSR count). The minimum absolute atomic E-state index is 0.0152. The Morgan fingerprint density at radius 3 is 2.33 bits per heavy atom. The third kappa shape index (κ3) is 7.39. The second-order valence-electron chi connectivity index (χ2n) is 5.78. The smallest absolute Gasteiger partial charge is 0.162 e. The zero-order valence-corrected chi connectivity index (χ0v) is 13.2. The number of Topliss-reactive ketones (excluding diaryl/α,β-unsaturated/α-hetero) is 1. The molecule has 0 aliphatic heterocycles. The minimum atomic E-state index is -0.227. The maximum atomic E-state index is 12.1. The lowest BCUT2D eigenvalue weighted by atomic mass is 10.0. The van der Waals surface area contributed by atoms with Crippen LogP contribution in [0.15, 0.2) is 24.3 Å². The fourth-order valence-corrected chi connectivity index (χ4v) is 2.40. The van der Waals surface area contributed by atoms with Gasteiger partial charge in [0.1, 0.15) is 0 Å². The quantitative estimate of drug-likeness (QED) is 0.484. The van der Waals surface area contributed by atoms with Crippen LogP contribution >= 0.6 is 0 Å². The molecule has 118 valence electrons. The fraction of sp³-hybridized carbons (Fsp3) is 0.611. The Labute approximate surface area is 128 Å². The van der Waals surface area contributed by atoms with E-state index in [1.807, 2.05) is 24.3 Å². The molecule has 0 aromatic heterocycles. The molecule has 0 radical (unpaired) electrons. The number of unbranched alkanes of at least 4 members (excludes halogenated alkanes) is 5. The van der Waals surface area contributed by atoms with Crippen LogP contribution in [0, 0.1) is 0 Å². The topological polar surface area (TPSA) is 63.3 Å². The number of carbonyl (C=O) groups excluding carboxylic acids is 1. The molecule has 0 saturated carbocycles. The van der Waals surface area contributed by atoms with Crippen molar-refractivity contribution in [3.05, 3.63) is 35.4 Å². The number of aliphatic hydroxyl groups excluding tert-OH is 1. The molecular weight excluding hydrogens is 262 g/mol. The van der Waals surface area contributed by atoms with E-state index in [4.69, 9.17) is 10.8 Å². The number of benzene rings is 1. The highest BCUT2D eigenvalue weighted by molar-refractivity contribution is 5.96. The van der Waals surface area contributed by atoms with Crippen molar-refractivity contribution in [2.24, 2.45) is 5.73 Å². The molecule has 0 saturated heterocycles. The summed E-state index contributed by atoms with van der Waals surface area (Å²) in [5.74, 6) is 0.225. The van der Waals surface area contributed by atoms with E-state index in [-0.39, 0.29) is 18.4 Å². The molecule has 0 fully saturated rings. The van der Waals surface area contributed by atoms with Crippen LogP contribution < -0.4 is 5.73 Å². The number of rotatable bonds is 11. The van der Waals surface area contributed by atoms with Crippen LogP contribution in [0.1, 0.15) is 67.8 Å². The Hall–Kier alpha value is -1.19. The monoisotopic (exact) mass is 291 g/mol. The van der Waals surface area contributed by atoms with Crippen molar-refractivity contribution in [1.29, 1.82) is 0 Å². The average Bonchev–Trinajstić information content (AvgIpc) is 2.51. The highest BCUT2D eigenvalue weighted by Gasteiger charge is 2.07. The van der Waals surface area contributed by atoms with Gasteiger partial charge < -0.3 is 10.8 Å². The van der Waals surface area contributed by atoms with E-state index in [9.17, 15) is 4.79 Å². The van der Waals surface area contributed by atoms with E-state index in [1.165, 1.54) is 25.7 Å². The number of aliphatic hydroxyl groups is 1. The molecule has 1 aromatic carbocycles. The van der Waals surface area contributed by atoms with E-state index in [0.29, 0.717) is 12.8 Å². The first-order valence-corrected chi connectivity index (χ1v) is 8.16. The van der Waals surface area contributed by atoms with Crippen LogP contribution in [-0.4, -0.2) is 23.5 Å². The Morgan fingerprint density at radius 1 is 1.10 bits per heavy atom. The molecular formula is C18H29NO2. The van der Waals surface area contributed by atoms with Gasteiger partial charge in [0.25, 0.3) is 0 Å². The van der Waals surface area contributed by atoms with Crippen molar-refractivity contribution in [3.8, 4) is 0 Å². The molecule has 3 N–H and O–H groups in total. The maximum absolute atomic E-state index is 12.1. The fourth-order valence-electron chi connectivity index (χ4n) is 2.40. The van der Waals surface area contributed by atoms with E-state index in [1.54, 1.807) is 0 Å². The molecule has 0 aliphatic carbocycles. The van der Waals surface area contributed by atoms with Gasteiger partial charge >= 0.3 is 0 Å². The number of nitrogens with two attached hydrogens (primary N) is 1. The van der Waals surface area contributed by atoms with Gasteiger partial charge in [0.05, 0.1) is 6.61 Å². The first kappa shape index (κ1) is 17.9. The van der Waals surface area contributed by atoms with Crippen molar-refractivity contribution < 1.29 is 9.90 Å². The van der Waals surface area contributed by atoms with Gasteiger partial charge in [0, 0.05) is 18.0 Å². The van der Waals surface area contributed by atoms with E-state index in [0.717, 1.165) is 24.0 Å². The van der Waals surface area contributed by atoms with Gasteiger partial charge in [-0.3, -0.25) is 4.79 Å². The van der Waals surface area contributed by atoms with Crippen molar-refractivity contribution in [3.63, 3.8) is 0 Å². The van der Waals surface area contributed by atoms with Gasteiger partial charge in [-0.15, -0.1) is 0 Å². The normalized spacial score (nSPS) is 12.3. The predicted octanol–water partition coefficient (Wildman–Crippen LogP) is 3.48. The first-order valence-electron chi connectivity index (χ1n) is 8.16. The summed E-state index contributed by atoms with van der Waals surface area (Å²) < 4.78 is 0. The highest BCUT2D eigenvalue weighted by Crippen LogP contribution is 2.12. The minimum Gasteiger partial charge on any atom is -0.395 e. The predicted molar refractivity (Wildman–Crippen MR) is 87.5 cm³/mol. The van der Waals surface area contributed by atoms with Crippen LogP contribution in [0.2, 0.25) is 0 Å². The van der Waals surface area contributed by atoms with Gasteiger partial charge in [0.15, 0.2) is 5.78 Å². The van der Waals surface area contributed by atoms with Gasteiger partial charge in [-0.25, -0.2) is 0 Å². The van der Waals surface area contributed by atoms with Gasteiger partial charge in [-0.1, -0.05) is 63.3 Å². The van der Waals surface area contributed by atoms with E-state index in [2.05, 4.69) is 6.92 Å². The van der Waals surface area contributed by atoms with Crippen molar-refractivity contribution in [1.82, 2.24) is 0 Å². The molecule has 0 heterocycles. The molecule has 1 unspecified atom stereocenters.